The Morgan fingerprint density at radius 1 is 1.36 bits per heavy atom. The van der Waals surface area contributed by atoms with Crippen LogP contribution in [0.25, 0.3) is 0 Å². The van der Waals surface area contributed by atoms with E-state index >= 15 is 0 Å². The fourth-order valence-electron chi connectivity index (χ4n) is 2.46. The Morgan fingerprint density at radius 3 is 2.73 bits per heavy atom. The summed E-state index contributed by atoms with van der Waals surface area (Å²) in [6.07, 6.45) is 2.81. The number of anilines is 2. The number of aryl methyl sites for hydroxylation is 1. The van der Waals surface area contributed by atoms with Crippen molar-refractivity contribution in [1.82, 2.24) is 5.32 Å². The van der Waals surface area contributed by atoms with Crippen LogP contribution in [0.5, 0.6) is 0 Å². The Kier molecular flexibility index (Phi) is 4.95. The number of rotatable bonds is 4. The van der Waals surface area contributed by atoms with Gasteiger partial charge < -0.3 is 10.6 Å². The lowest BCUT2D eigenvalue weighted by molar-refractivity contribution is 0.251. The standard InChI is InChI=1S/C15H23N3O3S/c1-11(2)10-16-15(19)17-13-6-7-14-12(9-13)5-4-8-18(14)22(3,20)21/h6-7,9,11H,4-5,8,10H2,1-3H3,(H2,16,17,19). The highest BCUT2D eigenvalue weighted by Crippen LogP contribution is 2.31. The number of hydrogen-bond acceptors (Lipinski definition) is 3. The SMILES string of the molecule is CC(C)CNC(=O)Nc1ccc2c(c1)CCCN2S(C)(=O)=O. The minimum absolute atomic E-state index is 0.246. The zero-order valence-corrected chi connectivity index (χ0v) is 14.0. The number of fused-ring (bicyclic) bond motifs is 1. The van der Waals surface area contributed by atoms with Crippen LogP contribution in [0.1, 0.15) is 25.8 Å². The molecular formula is C15H23N3O3S. The second kappa shape index (κ2) is 6.56. The monoisotopic (exact) mass is 325 g/mol. The number of nitrogens with zero attached hydrogens (tertiary/aromatic N) is 1. The van der Waals surface area contributed by atoms with Gasteiger partial charge in [-0.05, 0) is 42.5 Å². The zero-order valence-electron chi connectivity index (χ0n) is 13.2. The maximum Gasteiger partial charge on any atom is 0.319 e. The third-order valence-corrected chi connectivity index (χ3v) is 4.66. The average molecular weight is 325 g/mol. The number of nitrogens with one attached hydrogen (secondary N) is 2. The van der Waals surface area contributed by atoms with Crippen molar-refractivity contribution in [3.63, 3.8) is 0 Å². The molecule has 7 heteroatoms. The summed E-state index contributed by atoms with van der Waals surface area (Å²) >= 11 is 0. The van der Waals surface area contributed by atoms with Crippen LogP contribution < -0.4 is 14.9 Å². The summed E-state index contributed by atoms with van der Waals surface area (Å²) in [7, 11) is -3.26. The summed E-state index contributed by atoms with van der Waals surface area (Å²) < 4.78 is 25.0. The van der Waals surface area contributed by atoms with Crippen molar-refractivity contribution < 1.29 is 13.2 Å². The van der Waals surface area contributed by atoms with Crippen LogP contribution in [-0.4, -0.2) is 33.8 Å². The summed E-state index contributed by atoms with van der Waals surface area (Å²) in [6, 6.07) is 5.09. The van der Waals surface area contributed by atoms with Gasteiger partial charge in [-0.1, -0.05) is 13.8 Å². The predicted molar refractivity (Wildman–Crippen MR) is 88.8 cm³/mol. The molecular weight excluding hydrogens is 302 g/mol. The maximum atomic E-state index is 11.8. The van der Waals surface area contributed by atoms with Crippen LogP contribution in [0.15, 0.2) is 18.2 Å². The minimum Gasteiger partial charge on any atom is -0.338 e. The molecule has 0 fully saturated rings. The van der Waals surface area contributed by atoms with E-state index in [1.807, 2.05) is 19.9 Å². The maximum absolute atomic E-state index is 11.8. The Morgan fingerprint density at radius 2 is 2.09 bits per heavy atom. The Hall–Kier alpha value is -1.76. The third kappa shape index (κ3) is 4.13. The van der Waals surface area contributed by atoms with Crippen LogP contribution in [0.2, 0.25) is 0 Å². The van der Waals surface area contributed by atoms with Gasteiger partial charge in [0.1, 0.15) is 0 Å². The van der Waals surface area contributed by atoms with Gasteiger partial charge in [-0.3, -0.25) is 4.31 Å². The van der Waals surface area contributed by atoms with Crippen molar-refractivity contribution in [1.29, 1.82) is 0 Å². The molecule has 2 amide bonds. The molecule has 122 valence electrons. The summed E-state index contributed by atoms with van der Waals surface area (Å²) in [4.78, 5) is 11.8. The van der Waals surface area contributed by atoms with Crippen molar-refractivity contribution in [2.45, 2.75) is 26.7 Å². The largest absolute Gasteiger partial charge is 0.338 e. The van der Waals surface area contributed by atoms with Crippen molar-refractivity contribution in [3.8, 4) is 0 Å². The highest BCUT2D eigenvalue weighted by Gasteiger charge is 2.24. The number of carbonyl (C=O) groups is 1. The van der Waals surface area contributed by atoms with Crippen LogP contribution in [0.3, 0.4) is 0 Å². The van der Waals surface area contributed by atoms with Gasteiger partial charge in [0.2, 0.25) is 10.0 Å². The molecule has 1 heterocycles. The van der Waals surface area contributed by atoms with E-state index in [0.29, 0.717) is 30.4 Å². The molecule has 0 atom stereocenters. The van der Waals surface area contributed by atoms with Crippen molar-refractivity contribution >= 4 is 27.4 Å². The first-order valence-electron chi connectivity index (χ1n) is 7.43. The molecule has 6 nitrogen and oxygen atoms in total. The predicted octanol–water partition coefficient (Wildman–Crippen LogP) is 2.18. The van der Waals surface area contributed by atoms with Crippen LogP contribution >= 0.6 is 0 Å². The van der Waals surface area contributed by atoms with E-state index in [2.05, 4.69) is 10.6 Å². The first kappa shape index (κ1) is 16.6. The molecule has 0 unspecified atom stereocenters. The Labute approximate surface area is 131 Å². The van der Waals surface area contributed by atoms with Crippen LogP contribution in [0.4, 0.5) is 16.2 Å². The fraction of sp³-hybridized carbons (Fsp3) is 0.533. The molecule has 2 N–H and O–H groups in total. The molecule has 0 radical (unpaired) electrons. The van der Waals surface area contributed by atoms with Gasteiger partial charge in [-0.25, -0.2) is 13.2 Å². The van der Waals surface area contributed by atoms with Gasteiger partial charge in [-0.2, -0.15) is 0 Å². The van der Waals surface area contributed by atoms with Gasteiger partial charge >= 0.3 is 6.03 Å². The lowest BCUT2D eigenvalue weighted by Crippen LogP contribution is -2.35. The lowest BCUT2D eigenvalue weighted by atomic mass is 10.0. The summed E-state index contributed by atoms with van der Waals surface area (Å²) in [5.74, 6) is 0.387. The Bertz CT molecular complexity index is 656. The summed E-state index contributed by atoms with van der Waals surface area (Å²) in [5, 5.41) is 5.57. The van der Waals surface area contributed by atoms with E-state index in [4.69, 9.17) is 0 Å². The molecule has 0 aliphatic carbocycles. The first-order chi connectivity index (χ1) is 10.3. The quantitative estimate of drug-likeness (QED) is 0.890. The number of benzene rings is 1. The van der Waals surface area contributed by atoms with Gasteiger partial charge in [0.15, 0.2) is 0 Å². The molecule has 0 saturated carbocycles. The lowest BCUT2D eigenvalue weighted by Gasteiger charge is -2.29. The first-order valence-corrected chi connectivity index (χ1v) is 9.27. The van der Waals surface area contributed by atoms with Gasteiger partial charge in [0.05, 0.1) is 11.9 Å². The van der Waals surface area contributed by atoms with Gasteiger partial charge in [0, 0.05) is 18.8 Å². The van der Waals surface area contributed by atoms with E-state index < -0.39 is 10.0 Å². The molecule has 0 spiro atoms. The topological polar surface area (TPSA) is 78.5 Å². The normalized spacial score (nSPS) is 14.6. The van der Waals surface area contributed by atoms with E-state index in [-0.39, 0.29) is 6.03 Å². The second-order valence-corrected chi connectivity index (χ2v) is 7.92. The molecule has 1 aromatic carbocycles. The molecule has 1 aliphatic heterocycles. The van der Waals surface area contributed by atoms with E-state index in [1.54, 1.807) is 12.1 Å². The number of amides is 2. The van der Waals surface area contributed by atoms with Crippen molar-refractivity contribution in [2.75, 3.05) is 29.0 Å². The molecule has 2 rings (SSSR count). The van der Waals surface area contributed by atoms with Crippen molar-refractivity contribution in [3.05, 3.63) is 23.8 Å². The van der Waals surface area contributed by atoms with Crippen molar-refractivity contribution in [2.24, 2.45) is 5.92 Å². The molecule has 0 bridgehead atoms. The van der Waals surface area contributed by atoms with Gasteiger partial charge in [0.25, 0.3) is 0 Å². The molecule has 1 aromatic rings. The van der Waals surface area contributed by atoms with Crippen LogP contribution in [0, 0.1) is 5.92 Å². The Balaban J connectivity index is 2.13. The number of carbonyl (C=O) groups excluding carboxylic acids is 1. The summed E-state index contributed by atoms with van der Waals surface area (Å²) in [6.45, 7) is 5.17. The average Bonchev–Trinajstić information content (AvgIpc) is 2.43. The molecule has 0 saturated heterocycles. The fourth-order valence-corrected chi connectivity index (χ4v) is 3.45. The third-order valence-electron chi connectivity index (χ3n) is 3.48. The van der Waals surface area contributed by atoms with E-state index in [1.165, 1.54) is 10.6 Å². The molecule has 22 heavy (non-hydrogen) atoms. The number of sulfonamides is 1. The molecule has 1 aliphatic rings. The number of urea groups is 1. The smallest absolute Gasteiger partial charge is 0.319 e. The zero-order chi connectivity index (χ0) is 16.3. The van der Waals surface area contributed by atoms with Crippen LogP contribution in [-0.2, 0) is 16.4 Å². The van der Waals surface area contributed by atoms with E-state index in [0.717, 1.165) is 18.4 Å². The second-order valence-electron chi connectivity index (χ2n) is 6.01. The van der Waals surface area contributed by atoms with Gasteiger partial charge in [-0.15, -0.1) is 0 Å². The minimum atomic E-state index is -3.26. The highest BCUT2D eigenvalue weighted by molar-refractivity contribution is 7.92. The molecule has 0 aromatic heterocycles. The summed E-state index contributed by atoms with van der Waals surface area (Å²) in [5.41, 5.74) is 2.33. The number of hydrogen-bond donors (Lipinski definition) is 2. The van der Waals surface area contributed by atoms with E-state index in [9.17, 15) is 13.2 Å². The highest BCUT2D eigenvalue weighted by atomic mass is 32.2.